The maximum atomic E-state index is 3.32. The second kappa shape index (κ2) is 4.32. The number of unbranched alkanes of at least 4 members (excludes halogenated alkanes) is 2. The Morgan fingerprint density at radius 3 is 2.93 bits per heavy atom. The minimum atomic E-state index is 1.20. The molecule has 0 aliphatic carbocycles. The molecule has 1 N–H and O–H groups in total. The SMILES string of the molecule is CCCCCc1cccc2cc[nH]c12. The fourth-order valence-electron chi connectivity index (χ4n) is 1.92. The van der Waals surface area contributed by atoms with Crippen molar-refractivity contribution < 1.29 is 0 Å². The first-order valence-electron chi connectivity index (χ1n) is 5.47. The van der Waals surface area contributed by atoms with Gasteiger partial charge in [-0.05, 0) is 29.9 Å². The van der Waals surface area contributed by atoms with Crippen molar-refractivity contribution >= 4 is 10.9 Å². The summed E-state index contributed by atoms with van der Waals surface area (Å²) in [6.07, 6.45) is 7.14. The first kappa shape index (κ1) is 9.32. The Balaban J connectivity index is 2.19. The Morgan fingerprint density at radius 2 is 2.07 bits per heavy atom. The summed E-state index contributed by atoms with van der Waals surface area (Å²) >= 11 is 0. The van der Waals surface area contributed by atoms with E-state index in [1.165, 1.54) is 42.1 Å². The number of aromatic amines is 1. The monoisotopic (exact) mass is 187 g/mol. The van der Waals surface area contributed by atoms with Gasteiger partial charge in [-0.25, -0.2) is 0 Å². The topological polar surface area (TPSA) is 15.8 Å². The van der Waals surface area contributed by atoms with Crippen molar-refractivity contribution in [3.8, 4) is 0 Å². The molecule has 0 amide bonds. The lowest BCUT2D eigenvalue weighted by molar-refractivity contribution is 0.719. The highest BCUT2D eigenvalue weighted by Gasteiger charge is 2.00. The lowest BCUT2D eigenvalue weighted by Gasteiger charge is -2.02. The van der Waals surface area contributed by atoms with Crippen molar-refractivity contribution in [2.75, 3.05) is 0 Å². The standard InChI is InChI=1S/C13H17N/c1-2-3-4-6-11-7-5-8-12-9-10-14-13(11)12/h5,7-10,14H,2-4,6H2,1H3. The number of H-pyrrole nitrogens is 1. The molecule has 1 nitrogen and oxygen atoms in total. The molecule has 0 saturated heterocycles. The van der Waals surface area contributed by atoms with Crippen molar-refractivity contribution in [1.82, 2.24) is 4.98 Å². The van der Waals surface area contributed by atoms with Gasteiger partial charge < -0.3 is 4.98 Å². The molecule has 0 unspecified atom stereocenters. The van der Waals surface area contributed by atoms with Gasteiger partial charge in [0.2, 0.25) is 0 Å². The highest BCUT2D eigenvalue weighted by atomic mass is 14.7. The van der Waals surface area contributed by atoms with Crippen LogP contribution in [0.15, 0.2) is 30.5 Å². The van der Waals surface area contributed by atoms with Gasteiger partial charge in [0.05, 0.1) is 0 Å². The summed E-state index contributed by atoms with van der Waals surface area (Å²) in [5.74, 6) is 0. The predicted molar refractivity (Wildman–Crippen MR) is 61.5 cm³/mol. The molecule has 14 heavy (non-hydrogen) atoms. The summed E-state index contributed by atoms with van der Waals surface area (Å²) in [6.45, 7) is 2.25. The van der Waals surface area contributed by atoms with Crippen LogP contribution in [0.25, 0.3) is 10.9 Å². The molecule has 0 fully saturated rings. The molecule has 1 heterocycles. The molecule has 0 bridgehead atoms. The molecule has 2 aromatic rings. The van der Waals surface area contributed by atoms with E-state index in [-0.39, 0.29) is 0 Å². The normalized spacial score (nSPS) is 10.9. The summed E-state index contributed by atoms with van der Waals surface area (Å²) in [7, 11) is 0. The average molecular weight is 187 g/mol. The number of benzene rings is 1. The molecular formula is C13H17N. The third-order valence-corrected chi connectivity index (χ3v) is 2.72. The lowest BCUT2D eigenvalue weighted by Crippen LogP contribution is -1.86. The lowest BCUT2D eigenvalue weighted by atomic mass is 10.0. The van der Waals surface area contributed by atoms with E-state index in [1.54, 1.807) is 0 Å². The highest BCUT2D eigenvalue weighted by molar-refractivity contribution is 5.82. The van der Waals surface area contributed by atoms with Crippen molar-refractivity contribution in [2.24, 2.45) is 0 Å². The second-order valence-corrected chi connectivity index (χ2v) is 3.82. The number of hydrogen-bond donors (Lipinski definition) is 1. The average Bonchev–Trinajstić information content (AvgIpc) is 2.67. The van der Waals surface area contributed by atoms with E-state index >= 15 is 0 Å². The van der Waals surface area contributed by atoms with Crippen LogP contribution in [0.2, 0.25) is 0 Å². The molecule has 0 aliphatic heterocycles. The Labute approximate surface area is 85.1 Å². The molecule has 0 aliphatic rings. The number of aryl methyl sites for hydroxylation is 1. The van der Waals surface area contributed by atoms with Gasteiger partial charge in [0.25, 0.3) is 0 Å². The third kappa shape index (κ3) is 1.82. The van der Waals surface area contributed by atoms with Crippen LogP contribution >= 0.6 is 0 Å². The zero-order valence-corrected chi connectivity index (χ0v) is 8.72. The van der Waals surface area contributed by atoms with Gasteiger partial charge in [-0.1, -0.05) is 38.0 Å². The van der Waals surface area contributed by atoms with Gasteiger partial charge in [-0.15, -0.1) is 0 Å². The number of aromatic nitrogens is 1. The number of hydrogen-bond acceptors (Lipinski definition) is 0. The van der Waals surface area contributed by atoms with Crippen LogP contribution < -0.4 is 0 Å². The molecule has 0 atom stereocenters. The summed E-state index contributed by atoms with van der Waals surface area (Å²) in [6, 6.07) is 8.68. The van der Waals surface area contributed by atoms with Crippen LogP contribution in [-0.2, 0) is 6.42 Å². The number of rotatable bonds is 4. The van der Waals surface area contributed by atoms with Crippen LogP contribution in [0.4, 0.5) is 0 Å². The van der Waals surface area contributed by atoms with E-state index in [1.807, 2.05) is 6.20 Å². The van der Waals surface area contributed by atoms with Crippen LogP contribution in [0.5, 0.6) is 0 Å². The van der Waals surface area contributed by atoms with Crippen LogP contribution in [0.3, 0.4) is 0 Å². The third-order valence-electron chi connectivity index (χ3n) is 2.72. The molecule has 1 aromatic carbocycles. The Kier molecular flexibility index (Phi) is 2.87. The first-order valence-corrected chi connectivity index (χ1v) is 5.47. The Hall–Kier alpha value is -1.24. The maximum absolute atomic E-state index is 3.32. The van der Waals surface area contributed by atoms with Gasteiger partial charge in [0.15, 0.2) is 0 Å². The van der Waals surface area contributed by atoms with Crippen LogP contribution in [0, 0.1) is 0 Å². The van der Waals surface area contributed by atoms with E-state index in [0.717, 1.165) is 0 Å². The number of fused-ring (bicyclic) bond motifs is 1. The Bertz CT molecular complexity index is 400. The summed E-state index contributed by atoms with van der Waals surface area (Å²) in [5.41, 5.74) is 2.78. The molecule has 2 rings (SSSR count). The van der Waals surface area contributed by atoms with E-state index in [2.05, 4.69) is 36.2 Å². The molecule has 74 valence electrons. The minimum absolute atomic E-state index is 1.20. The highest BCUT2D eigenvalue weighted by Crippen LogP contribution is 2.18. The zero-order valence-electron chi connectivity index (χ0n) is 8.72. The minimum Gasteiger partial charge on any atom is -0.361 e. The van der Waals surface area contributed by atoms with E-state index in [4.69, 9.17) is 0 Å². The van der Waals surface area contributed by atoms with Crippen LogP contribution in [-0.4, -0.2) is 4.98 Å². The fraction of sp³-hybridized carbons (Fsp3) is 0.385. The van der Waals surface area contributed by atoms with Gasteiger partial charge in [0.1, 0.15) is 0 Å². The first-order chi connectivity index (χ1) is 6.92. The van der Waals surface area contributed by atoms with Crippen molar-refractivity contribution in [2.45, 2.75) is 32.6 Å². The molecular weight excluding hydrogens is 170 g/mol. The van der Waals surface area contributed by atoms with Gasteiger partial charge >= 0.3 is 0 Å². The summed E-state index contributed by atoms with van der Waals surface area (Å²) in [4.78, 5) is 3.32. The predicted octanol–water partition coefficient (Wildman–Crippen LogP) is 3.90. The van der Waals surface area contributed by atoms with Crippen molar-refractivity contribution in [3.63, 3.8) is 0 Å². The van der Waals surface area contributed by atoms with Crippen molar-refractivity contribution in [3.05, 3.63) is 36.0 Å². The fourth-order valence-corrected chi connectivity index (χ4v) is 1.92. The van der Waals surface area contributed by atoms with E-state index in [9.17, 15) is 0 Å². The molecule has 0 radical (unpaired) electrons. The molecule has 1 heteroatoms. The second-order valence-electron chi connectivity index (χ2n) is 3.82. The number of para-hydroxylation sites is 1. The smallest absolute Gasteiger partial charge is 0.0486 e. The van der Waals surface area contributed by atoms with Gasteiger partial charge in [0, 0.05) is 11.7 Å². The molecule has 0 saturated carbocycles. The maximum Gasteiger partial charge on any atom is 0.0486 e. The molecule has 1 aromatic heterocycles. The van der Waals surface area contributed by atoms with Crippen LogP contribution in [0.1, 0.15) is 31.7 Å². The molecule has 0 spiro atoms. The van der Waals surface area contributed by atoms with Crippen molar-refractivity contribution in [1.29, 1.82) is 0 Å². The Morgan fingerprint density at radius 1 is 1.14 bits per heavy atom. The quantitative estimate of drug-likeness (QED) is 0.699. The largest absolute Gasteiger partial charge is 0.361 e. The summed E-state index contributed by atoms with van der Waals surface area (Å²) < 4.78 is 0. The number of nitrogens with one attached hydrogen (secondary N) is 1. The van der Waals surface area contributed by atoms with Gasteiger partial charge in [-0.3, -0.25) is 0 Å². The van der Waals surface area contributed by atoms with E-state index in [0.29, 0.717) is 0 Å². The van der Waals surface area contributed by atoms with Gasteiger partial charge in [-0.2, -0.15) is 0 Å². The zero-order chi connectivity index (χ0) is 9.80. The van der Waals surface area contributed by atoms with E-state index < -0.39 is 0 Å². The summed E-state index contributed by atoms with van der Waals surface area (Å²) in [5, 5.41) is 1.33.